The van der Waals surface area contributed by atoms with Crippen molar-refractivity contribution in [1.29, 1.82) is 0 Å². The number of nitrogens with two attached hydrogens (primary N) is 1. The van der Waals surface area contributed by atoms with Crippen LogP contribution in [0.5, 0.6) is 0 Å². The molecule has 0 spiro atoms. The Hall–Kier alpha value is -1.14. The maximum Gasteiger partial charge on any atom is 0.223 e. The number of amides is 1. The van der Waals surface area contributed by atoms with E-state index in [2.05, 4.69) is 15.5 Å². The summed E-state index contributed by atoms with van der Waals surface area (Å²) in [5.74, 6) is 1.04. The van der Waals surface area contributed by atoms with E-state index in [9.17, 15) is 4.79 Å². The normalized spacial score (nSPS) is 17.3. The molecule has 0 aliphatic heterocycles. The van der Waals surface area contributed by atoms with Gasteiger partial charge in [0.05, 0.1) is 6.54 Å². The zero-order chi connectivity index (χ0) is 13.7. The van der Waals surface area contributed by atoms with Gasteiger partial charge in [-0.3, -0.25) is 4.79 Å². The summed E-state index contributed by atoms with van der Waals surface area (Å²) in [7, 11) is 0. The van der Waals surface area contributed by atoms with Crippen LogP contribution in [0, 0.1) is 12.3 Å². The largest absolute Gasteiger partial charge is 0.349 e. The Balaban J connectivity index is 0.00000200. The number of aryl methyl sites for hydroxylation is 1. The topological polar surface area (TPSA) is 94.0 Å². The first-order valence-electron chi connectivity index (χ1n) is 6.89. The summed E-state index contributed by atoms with van der Waals surface area (Å²) in [4.78, 5) is 16.1. The molecular formula is C13H23ClN4O2. The van der Waals surface area contributed by atoms with E-state index in [-0.39, 0.29) is 23.7 Å². The lowest BCUT2D eigenvalue weighted by molar-refractivity contribution is -0.124. The summed E-state index contributed by atoms with van der Waals surface area (Å²) in [6, 6.07) is 0. The lowest BCUT2D eigenvalue weighted by atomic mass is 9.71. The molecule has 1 aromatic heterocycles. The van der Waals surface area contributed by atoms with Gasteiger partial charge in [-0.05, 0) is 24.8 Å². The van der Waals surface area contributed by atoms with Crippen LogP contribution in [0.2, 0.25) is 0 Å². The van der Waals surface area contributed by atoms with Gasteiger partial charge in [0.15, 0.2) is 5.82 Å². The van der Waals surface area contributed by atoms with Crippen molar-refractivity contribution >= 4 is 18.3 Å². The number of aromatic nitrogens is 2. The molecule has 20 heavy (non-hydrogen) atoms. The van der Waals surface area contributed by atoms with E-state index in [0.717, 1.165) is 12.8 Å². The Bertz CT molecular complexity index is 430. The average molecular weight is 303 g/mol. The molecule has 3 N–H and O–H groups in total. The molecule has 6 nitrogen and oxygen atoms in total. The molecule has 0 radical (unpaired) electrons. The highest BCUT2D eigenvalue weighted by Crippen LogP contribution is 2.38. The van der Waals surface area contributed by atoms with Gasteiger partial charge < -0.3 is 15.6 Å². The standard InChI is InChI=1S/C13H22N4O2.ClH/c1-10-16-11(17-19-10)8-15-12(18)7-13(9-14)5-3-2-4-6-13;/h2-9,14H2,1H3,(H,15,18);1H. The fourth-order valence-electron chi connectivity index (χ4n) is 2.75. The second-order valence-corrected chi connectivity index (χ2v) is 5.45. The smallest absolute Gasteiger partial charge is 0.223 e. The van der Waals surface area contributed by atoms with Crippen molar-refractivity contribution in [2.75, 3.05) is 6.54 Å². The summed E-state index contributed by atoms with van der Waals surface area (Å²) < 4.78 is 4.86. The lowest BCUT2D eigenvalue weighted by Crippen LogP contribution is -2.38. The Morgan fingerprint density at radius 2 is 2.10 bits per heavy atom. The molecule has 1 aliphatic carbocycles. The number of carbonyl (C=O) groups excluding carboxylic acids is 1. The highest BCUT2D eigenvalue weighted by Gasteiger charge is 2.32. The van der Waals surface area contributed by atoms with Crippen molar-refractivity contribution < 1.29 is 9.32 Å². The summed E-state index contributed by atoms with van der Waals surface area (Å²) in [5, 5.41) is 6.59. The molecule has 1 amide bonds. The Labute approximate surface area is 125 Å². The fraction of sp³-hybridized carbons (Fsp3) is 0.769. The SMILES string of the molecule is Cc1nc(CNC(=O)CC2(CN)CCCCC2)no1.Cl. The molecule has 1 aromatic rings. The van der Waals surface area contributed by atoms with E-state index >= 15 is 0 Å². The molecule has 1 heterocycles. The first kappa shape index (κ1) is 16.9. The van der Waals surface area contributed by atoms with Gasteiger partial charge >= 0.3 is 0 Å². The highest BCUT2D eigenvalue weighted by atomic mass is 35.5. The number of nitrogens with zero attached hydrogens (tertiary/aromatic N) is 2. The molecule has 0 bridgehead atoms. The van der Waals surface area contributed by atoms with Gasteiger partial charge in [0.2, 0.25) is 11.8 Å². The highest BCUT2D eigenvalue weighted by molar-refractivity contribution is 5.85. The van der Waals surface area contributed by atoms with E-state index < -0.39 is 0 Å². The summed E-state index contributed by atoms with van der Waals surface area (Å²) in [6.45, 7) is 2.63. The fourth-order valence-corrected chi connectivity index (χ4v) is 2.75. The molecule has 0 aromatic carbocycles. The number of rotatable bonds is 5. The Kier molecular flexibility index (Phi) is 6.42. The van der Waals surface area contributed by atoms with Gasteiger partial charge in [-0.25, -0.2) is 0 Å². The van der Waals surface area contributed by atoms with Gasteiger partial charge in [0.1, 0.15) is 0 Å². The maximum atomic E-state index is 12.0. The zero-order valence-electron chi connectivity index (χ0n) is 11.9. The van der Waals surface area contributed by atoms with Crippen LogP contribution in [-0.2, 0) is 11.3 Å². The van der Waals surface area contributed by atoms with Crippen molar-refractivity contribution in [3.8, 4) is 0 Å². The van der Waals surface area contributed by atoms with Crippen LogP contribution in [0.1, 0.15) is 50.2 Å². The van der Waals surface area contributed by atoms with Crippen LogP contribution in [-0.4, -0.2) is 22.6 Å². The molecule has 0 saturated heterocycles. The average Bonchev–Trinajstić information content (AvgIpc) is 2.83. The second-order valence-electron chi connectivity index (χ2n) is 5.45. The minimum absolute atomic E-state index is 0. The Morgan fingerprint density at radius 3 is 2.65 bits per heavy atom. The van der Waals surface area contributed by atoms with E-state index in [1.165, 1.54) is 19.3 Å². The van der Waals surface area contributed by atoms with E-state index in [0.29, 0.717) is 31.2 Å². The maximum absolute atomic E-state index is 12.0. The van der Waals surface area contributed by atoms with Gasteiger partial charge in [-0.1, -0.05) is 24.4 Å². The summed E-state index contributed by atoms with van der Waals surface area (Å²) in [5.41, 5.74) is 5.87. The minimum atomic E-state index is -0.00446. The van der Waals surface area contributed by atoms with E-state index in [1.807, 2.05) is 0 Å². The third-order valence-electron chi connectivity index (χ3n) is 3.90. The quantitative estimate of drug-likeness (QED) is 0.863. The second kappa shape index (κ2) is 7.59. The van der Waals surface area contributed by atoms with Gasteiger partial charge in [0.25, 0.3) is 0 Å². The van der Waals surface area contributed by atoms with Crippen LogP contribution in [0.3, 0.4) is 0 Å². The zero-order valence-corrected chi connectivity index (χ0v) is 12.7. The predicted octanol–water partition coefficient (Wildman–Crippen LogP) is 1.72. The van der Waals surface area contributed by atoms with Gasteiger partial charge in [-0.2, -0.15) is 4.98 Å². The van der Waals surface area contributed by atoms with E-state index in [4.69, 9.17) is 10.3 Å². The molecule has 2 rings (SSSR count). The predicted molar refractivity (Wildman–Crippen MR) is 77.3 cm³/mol. The molecule has 114 valence electrons. The molecule has 1 fully saturated rings. The van der Waals surface area contributed by atoms with Gasteiger partial charge in [0, 0.05) is 13.3 Å². The van der Waals surface area contributed by atoms with Crippen LogP contribution in [0.4, 0.5) is 0 Å². The lowest BCUT2D eigenvalue weighted by Gasteiger charge is -2.35. The number of nitrogens with one attached hydrogen (secondary N) is 1. The number of hydrogen-bond acceptors (Lipinski definition) is 5. The number of hydrogen-bond donors (Lipinski definition) is 2. The van der Waals surface area contributed by atoms with E-state index in [1.54, 1.807) is 6.92 Å². The van der Waals surface area contributed by atoms with Gasteiger partial charge in [-0.15, -0.1) is 12.4 Å². The van der Waals surface area contributed by atoms with Crippen molar-refractivity contribution in [1.82, 2.24) is 15.5 Å². The molecule has 0 unspecified atom stereocenters. The van der Waals surface area contributed by atoms with Crippen molar-refractivity contribution in [2.24, 2.45) is 11.1 Å². The minimum Gasteiger partial charge on any atom is -0.349 e. The van der Waals surface area contributed by atoms with Crippen molar-refractivity contribution in [2.45, 2.75) is 52.0 Å². The number of carbonyl (C=O) groups is 1. The van der Waals surface area contributed by atoms with Crippen LogP contribution in [0.25, 0.3) is 0 Å². The van der Waals surface area contributed by atoms with Crippen LogP contribution in [0.15, 0.2) is 4.52 Å². The molecular weight excluding hydrogens is 280 g/mol. The monoisotopic (exact) mass is 302 g/mol. The molecule has 7 heteroatoms. The summed E-state index contributed by atoms with van der Waals surface area (Å²) in [6.07, 6.45) is 6.21. The van der Waals surface area contributed by atoms with Crippen molar-refractivity contribution in [3.63, 3.8) is 0 Å². The third kappa shape index (κ3) is 4.45. The first-order chi connectivity index (χ1) is 9.13. The third-order valence-corrected chi connectivity index (χ3v) is 3.90. The number of halogens is 1. The van der Waals surface area contributed by atoms with Crippen molar-refractivity contribution in [3.05, 3.63) is 11.7 Å². The van der Waals surface area contributed by atoms with Crippen LogP contribution < -0.4 is 11.1 Å². The molecule has 0 atom stereocenters. The van der Waals surface area contributed by atoms with Crippen LogP contribution >= 0.6 is 12.4 Å². The first-order valence-corrected chi connectivity index (χ1v) is 6.89. The Morgan fingerprint density at radius 1 is 1.40 bits per heavy atom. The molecule has 1 saturated carbocycles. The molecule has 1 aliphatic rings. The summed E-state index contributed by atoms with van der Waals surface area (Å²) >= 11 is 0.